The number of aryl methyl sites for hydroxylation is 1. The fraction of sp³-hybridized carbons (Fsp3) is 0.333. The molecule has 1 aliphatic heterocycles. The number of halogens is 1. The predicted octanol–water partition coefficient (Wildman–Crippen LogP) is 2.18. The Labute approximate surface area is 140 Å². The van der Waals surface area contributed by atoms with E-state index in [9.17, 15) is 14.0 Å². The van der Waals surface area contributed by atoms with Crippen LogP contribution in [0, 0.1) is 5.82 Å². The van der Waals surface area contributed by atoms with Gasteiger partial charge in [0, 0.05) is 51.0 Å². The first-order valence-corrected chi connectivity index (χ1v) is 8.06. The third kappa shape index (κ3) is 3.64. The van der Waals surface area contributed by atoms with Crippen molar-refractivity contribution in [3.63, 3.8) is 0 Å². The van der Waals surface area contributed by atoms with Crippen LogP contribution in [0.25, 0.3) is 0 Å². The van der Waals surface area contributed by atoms with Crippen molar-refractivity contribution in [3.05, 3.63) is 54.1 Å². The molecule has 2 aromatic rings. The minimum Gasteiger partial charge on any atom is -0.368 e. The average Bonchev–Trinajstić information content (AvgIpc) is 3.08. The Kier molecular flexibility index (Phi) is 4.93. The second-order valence-electron chi connectivity index (χ2n) is 5.84. The van der Waals surface area contributed by atoms with E-state index >= 15 is 0 Å². The van der Waals surface area contributed by atoms with Crippen molar-refractivity contribution >= 4 is 17.9 Å². The molecule has 5 nitrogen and oxygen atoms in total. The molecule has 0 unspecified atom stereocenters. The van der Waals surface area contributed by atoms with E-state index in [1.54, 1.807) is 28.8 Å². The number of piperazine rings is 1. The van der Waals surface area contributed by atoms with Crippen molar-refractivity contribution in [2.24, 2.45) is 0 Å². The van der Waals surface area contributed by atoms with Crippen molar-refractivity contribution in [2.75, 3.05) is 31.1 Å². The average molecular weight is 329 g/mol. The second kappa shape index (κ2) is 7.29. The summed E-state index contributed by atoms with van der Waals surface area (Å²) in [6.07, 6.45) is 2.99. The van der Waals surface area contributed by atoms with Gasteiger partial charge in [0.05, 0.1) is 5.69 Å². The van der Waals surface area contributed by atoms with Gasteiger partial charge < -0.3 is 14.4 Å². The van der Waals surface area contributed by atoms with Crippen molar-refractivity contribution in [1.29, 1.82) is 0 Å². The standard InChI is InChI=1S/C18H20FN3O2/c19-15-3-5-16(6-4-15)21-10-12-22(13-11-21)18(24)7-9-20-8-1-2-17(20)14-23/h1-6,8,14H,7,9-13H2. The van der Waals surface area contributed by atoms with Crippen LogP contribution >= 0.6 is 0 Å². The normalized spacial score (nSPS) is 14.7. The molecule has 0 saturated carbocycles. The summed E-state index contributed by atoms with van der Waals surface area (Å²) in [5, 5.41) is 0. The number of carbonyl (C=O) groups is 2. The van der Waals surface area contributed by atoms with Crippen LogP contribution in [0.3, 0.4) is 0 Å². The Morgan fingerprint density at radius 2 is 1.79 bits per heavy atom. The number of aromatic nitrogens is 1. The van der Waals surface area contributed by atoms with Gasteiger partial charge in [-0.15, -0.1) is 0 Å². The molecule has 0 aliphatic carbocycles. The molecule has 1 fully saturated rings. The zero-order valence-electron chi connectivity index (χ0n) is 13.4. The zero-order valence-corrected chi connectivity index (χ0v) is 13.4. The Hall–Kier alpha value is -2.63. The number of hydrogen-bond donors (Lipinski definition) is 0. The lowest BCUT2D eigenvalue weighted by Crippen LogP contribution is -2.49. The van der Waals surface area contributed by atoms with E-state index in [0.717, 1.165) is 25.1 Å². The summed E-state index contributed by atoms with van der Waals surface area (Å²) in [6, 6.07) is 9.97. The molecule has 24 heavy (non-hydrogen) atoms. The molecule has 0 radical (unpaired) electrons. The maximum atomic E-state index is 13.0. The summed E-state index contributed by atoms with van der Waals surface area (Å²) in [6.45, 7) is 3.30. The number of amides is 1. The van der Waals surface area contributed by atoms with Crippen LogP contribution in [0.5, 0.6) is 0 Å². The van der Waals surface area contributed by atoms with Crippen LogP contribution in [0.15, 0.2) is 42.6 Å². The first-order valence-electron chi connectivity index (χ1n) is 8.06. The predicted molar refractivity (Wildman–Crippen MR) is 89.6 cm³/mol. The summed E-state index contributed by atoms with van der Waals surface area (Å²) in [4.78, 5) is 27.2. The van der Waals surface area contributed by atoms with Gasteiger partial charge in [-0.2, -0.15) is 0 Å². The molecule has 1 amide bonds. The molecule has 1 saturated heterocycles. The van der Waals surface area contributed by atoms with E-state index in [1.165, 1.54) is 12.1 Å². The first-order chi connectivity index (χ1) is 11.7. The van der Waals surface area contributed by atoms with Crippen LogP contribution in [0.2, 0.25) is 0 Å². The smallest absolute Gasteiger partial charge is 0.224 e. The van der Waals surface area contributed by atoms with Gasteiger partial charge in [-0.1, -0.05) is 0 Å². The molecule has 2 heterocycles. The highest BCUT2D eigenvalue weighted by Gasteiger charge is 2.21. The van der Waals surface area contributed by atoms with E-state index in [1.807, 2.05) is 11.1 Å². The highest BCUT2D eigenvalue weighted by Crippen LogP contribution is 2.17. The van der Waals surface area contributed by atoms with E-state index in [-0.39, 0.29) is 11.7 Å². The molecule has 0 spiro atoms. The highest BCUT2D eigenvalue weighted by molar-refractivity contribution is 5.77. The van der Waals surface area contributed by atoms with Crippen LogP contribution in [0.4, 0.5) is 10.1 Å². The monoisotopic (exact) mass is 329 g/mol. The highest BCUT2D eigenvalue weighted by atomic mass is 19.1. The lowest BCUT2D eigenvalue weighted by atomic mass is 10.2. The van der Waals surface area contributed by atoms with Crippen molar-refractivity contribution in [2.45, 2.75) is 13.0 Å². The van der Waals surface area contributed by atoms with Gasteiger partial charge >= 0.3 is 0 Å². The molecule has 1 aromatic heterocycles. The SMILES string of the molecule is O=Cc1cccn1CCC(=O)N1CCN(c2ccc(F)cc2)CC1. The Morgan fingerprint density at radius 1 is 1.08 bits per heavy atom. The van der Waals surface area contributed by atoms with Crippen LogP contribution < -0.4 is 4.90 Å². The van der Waals surface area contributed by atoms with Gasteiger partial charge in [0.25, 0.3) is 0 Å². The van der Waals surface area contributed by atoms with Gasteiger partial charge in [-0.25, -0.2) is 4.39 Å². The van der Waals surface area contributed by atoms with Crippen LogP contribution in [0.1, 0.15) is 16.9 Å². The summed E-state index contributed by atoms with van der Waals surface area (Å²) < 4.78 is 14.8. The minimum atomic E-state index is -0.243. The molecule has 0 N–H and O–H groups in total. The molecular formula is C18H20FN3O2. The van der Waals surface area contributed by atoms with Crippen molar-refractivity contribution < 1.29 is 14.0 Å². The number of anilines is 1. The molecular weight excluding hydrogens is 309 g/mol. The Balaban J connectivity index is 1.50. The number of rotatable bonds is 5. The van der Waals surface area contributed by atoms with E-state index < -0.39 is 0 Å². The summed E-state index contributed by atoms with van der Waals surface area (Å²) in [5.74, 6) is -0.147. The van der Waals surface area contributed by atoms with Gasteiger partial charge in [-0.05, 0) is 36.4 Å². The maximum Gasteiger partial charge on any atom is 0.224 e. The topological polar surface area (TPSA) is 45.6 Å². The summed E-state index contributed by atoms with van der Waals surface area (Å²) in [5.41, 5.74) is 1.57. The van der Waals surface area contributed by atoms with Gasteiger partial charge in [0.15, 0.2) is 6.29 Å². The molecule has 0 bridgehead atoms. The number of carbonyl (C=O) groups excluding carboxylic acids is 2. The molecule has 1 aliphatic rings. The van der Waals surface area contributed by atoms with Crippen molar-refractivity contribution in [3.8, 4) is 0 Å². The lowest BCUT2D eigenvalue weighted by Gasteiger charge is -2.36. The van der Waals surface area contributed by atoms with Gasteiger partial charge in [0.2, 0.25) is 5.91 Å². The minimum absolute atomic E-state index is 0.0966. The molecule has 126 valence electrons. The summed E-state index contributed by atoms with van der Waals surface area (Å²) in [7, 11) is 0. The van der Waals surface area contributed by atoms with Crippen molar-refractivity contribution in [1.82, 2.24) is 9.47 Å². The third-order valence-corrected chi connectivity index (χ3v) is 4.38. The lowest BCUT2D eigenvalue weighted by molar-refractivity contribution is -0.131. The zero-order chi connectivity index (χ0) is 16.9. The third-order valence-electron chi connectivity index (χ3n) is 4.38. The van der Waals surface area contributed by atoms with E-state index in [2.05, 4.69) is 4.90 Å². The Morgan fingerprint density at radius 3 is 2.46 bits per heavy atom. The summed E-state index contributed by atoms with van der Waals surface area (Å²) >= 11 is 0. The first kappa shape index (κ1) is 16.2. The maximum absolute atomic E-state index is 13.0. The van der Waals surface area contributed by atoms with Crippen LogP contribution in [-0.2, 0) is 11.3 Å². The van der Waals surface area contributed by atoms with Gasteiger partial charge in [-0.3, -0.25) is 9.59 Å². The number of aldehydes is 1. The van der Waals surface area contributed by atoms with Gasteiger partial charge in [0.1, 0.15) is 5.82 Å². The molecule has 6 heteroatoms. The van der Waals surface area contributed by atoms with Crippen LogP contribution in [-0.4, -0.2) is 47.8 Å². The van der Waals surface area contributed by atoms with E-state index in [0.29, 0.717) is 31.7 Å². The second-order valence-corrected chi connectivity index (χ2v) is 5.84. The molecule has 1 aromatic carbocycles. The fourth-order valence-corrected chi connectivity index (χ4v) is 2.98. The van der Waals surface area contributed by atoms with E-state index in [4.69, 9.17) is 0 Å². The fourth-order valence-electron chi connectivity index (χ4n) is 2.98. The number of nitrogens with zero attached hydrogens (tertiary/aromatic N) is 3. The molecule has 3 rings (SSSR count). The quantitative estimate of drug-likeness (QED) is 0.790. The molecule has 0 atom stereocenters. The largest absolute Gasteiger partial charge is 0.368 e. The number of hydrogen-bond acceptors (Lipinski definition) is 3. The number of benzene rings is 1. The Bertz CT molecular complexity index is 703.